The highest BCUT2D eigenvalue weighted by molar-refractivity contribution is 5.97. The molecular weight excluding hydrogens is 212 g/mol. The number of nitrogen functional groups attached to an aromatic ring is 1. The molecule has 17 heavy (non-hydrogen) atoms. The topological polar surface area (TPSA) is 56.2 Å². The summed E-state index contributed by atoms with van der Waals surface area (Å²) in [4.78, 5) is 4.86. The minimum Gasteiger partial charge on any atom is -0.382 e. The number of aryl methyl sites for hydroxylation is 1. The van der Waals surface area contributed by atoms with Crippen LogP contribution in [0.2, 0.25) is 0 Å². The molecule has 1 heterocycles. The van der Waals surface area contributed by atoms with Gasteiger partial charge in [0.05, 0.1) is 17.4 Å². The Bertz CT molecular complexity index is 419. The van der Waals surface area contributed by atoms with E-state index >= 15 is 0 Å². The maximum absolute atomic E-state index is 5.69. The van der Waals surface area contributed by atoms with Crippen LogP contribution in [-0.2, 0) is 7.05 Å². The molecule has 4 nitrogen and oxygen atoms in total. The van der Waals surface area contributed by atoms with Crippen molar-refractivity contribution in [2.45, 2.75) is 45.6 Å². The Morgan fingerprint density at radius 3 is 2.76 bits per heavy atom. The van der Waals surface area contributed by atoms with Gasteiger partial charge < -0.3 is 5.73 Å². The molecule has 2 atom stereocenters. The molecule has 1 aromatic rings. The fraction of sp³-hybridized carbons (Fsp3) is 0.692. The van der Waals surface area contributed by atoms with Crippen LogP contribution in [0.1, 0.15) is 45.2 Å². The van der Waals surface area contributed by atoms with Gasteiger partial charge in [-0.2, -0.15) is 5.10 Å². The van der Waals surface area contributed by atoms with Crippen molar-refractivity contribution in [1.82, 2.24) is 9.78 Å². The summed E-state index contributed by atoms with van der Waals surface area (Å²) in [5, 5.41) is 4.16. The van der Waals surface area contributed by atoms with Gasteiger partial charge in [0, 0.05) is 13.1 Å². The Morgan fingerprint density at radius 2 is 2.18 bits per heavy atom. The van der Waals surface area contributed by atoms with Gasteiger partial charge in [-0.05, 0) is 25.7 Å². The molecule has 1 aliphatic carbocycles. The minimum atomic E-state index is 0.472. The zero-order chi connectivity index (χ0) is 12.4. The smallest absolute Gasteiger partial charge is 0.146 e. The lowest BCUT2D eigenvalue weighted by Gasteiger charge is -2.25. The van der Waals surface area contributed by atoms with E-state index in [0.717, 1.165) is 11.4 Å². The predicted molar refractivity (Wildman–Crippen MR) is 71.3 cm³/mol. The number of aromatic nitrogens is 2. The van der Waals surface area contributed by atoms with Gasteiger partial charge in [0.2, 0.25) is 0 Å². The van der Waals surface area contributed by atoms with Gasteiger partial charge in [-0.3, -0.25) is 9.67 Å². The van der Waals surface area contributed by atoms with Crippen molar-refractivity contribution < 1.29 is 0 Å². The molecule has 1 aromatic heterocycles. The molecule has 2 unspecified atom stereocenters. The molecule has 0 bridgehead atoms. The lowest BCUT2D eigenvalue weighted by atomic mass is 9.86. The van der Waals surface area contributed by atoms with Crippen molar-refractivity contribution in [3.05, 3.63) is 11.8 Å². The van der Waals surface area contributed by atoms with Crippen molar-refractivity contribution in [2.24, 2.45) is 18.0 Å². The van der Waals surface area contributed by atoms with Crippen molar-refractivity contribution in [1.29, 1.82) is 0 Å². The first-order chi connectivity index (χ1) is 8.08. The standard InChI is InChI=1S/C13H22N4/c1-9-6-4-5-7-11(9)15-10(2)12-8-13(14)16-17(12)3/h8-9,11H,4-7H2,1-3H3,(H2,14,16). The molecule has 1 aliphatic rings. The average molecular weight is 234 g/mol. The molecule has 1 saturated carbocycles. The SMILES string of the molecule is CC(=NC1CCCCC1C)c1cc(N)nn1C. The van der Waals surface area contributed by atoms with E-state index in [0.29, 0.717) is 17.8 Å². The molecule has 0 amide bonds. The lowest BCUT2D eigenvalue weighted by Crippen LogP contribution is -2.22. The third kappa shape index (κ3) is 2.68. The van der Waals surface area contributed by atoms with Crippen LogP contribution < -0.4 is 5.73 Å². The van der Waals surface area contributed by atoms with E-state index in [4.69, 9.17) is 10.7 Å². The molecule has 2 rings (SSSR count). The number of aliphatic imine (C=N–C) groups is 1. The summed E-state index contributed by atoms with van der Waals surface area (Å²) in [6.07, 6.45) is 5.17. The monoisotopic (exact) mass is 234 g/mol. The zero-order valence-electron chi connectivity index (χ0n) is 11.0. The number of rotatable bonds is 2. The number of hydrogen-bond acceptors (Lipinski definition) is 3. The van der Waals surface area contributed by atoms with Gasteiger partial charge in [-0.15, -0.1) is 0 Å². The maximum atomic E-state index is 5.69. The van der Waals surface area contributed by atoms with Crippen LogP contribution in [0.5, 0.6) is 0 Å². The van der Waals surface area contributed by atoms with Gasteiger partial charge in [0.1, 0.15) is 5.82 Å². The van der Waals surface area contributed by atoms with Crippen molar-refractivity contribution in [3.63, 3.8) is 0 Å². The Labute approximate surface area is 103 Å². The van der Waals surface area contributed by atoms with Gasteiger partial charge in [-0.25, -0.2) is 0 Å². The number of nitrogens with zero attached hydrogens (tertiary/aromatic N) is 3. The molecule has 94 valence electrons. The number of nitrogens with two attached hydrogens (primary N) is 1. The molecule has 4 heteroatoms. The minimum absolute atomic E-state index is 0.472. The van der Waals surface area contributed by atoms with E-state index in [9.17, 15) is 0 Å². The molecule has 0 spiro atoms. The molecule has 2 N–H and O–H groups in total. The Balaban J connectivity index is 2.18. The van der Waals surface area contributed by atoms with Gasteiger partial charge >= 0.3 is 0 Å². The number of hydrogen-bond donors (Lipinski definition) is 1. The first-order valence-electron chi connectivity index (χ1n) is 6.42. The van der Waals surface area contributed by atoms with Gasteiger partial charge in [-0.1, -0.05) is 19.8 Å². The lowest BCUT2D eigenvalue weighted by molar-refractivity contribution is 0.333. The van der Waals surface area contributed by atoms with Gasteiger partial charge in [0.15, 0.2) is 0 Å². The van der Waals surface area contributed by atoms with Crippen LogP contribution in [0.25, 0.3) is 0 Å². The van der Waals surface area contributed by atoms with Crippen LogP contribution in [0.15, 0.2) is 11.1 Å². The summed E-state index contributed by atoms with van der Waals surface area (Å²) in [7, 11) is 1.91. The molecule has 0 aromatic carbocycles. The average Bonchev–Trinajstić information content (AvgIpc) is 2.61. The second-order valence-corrected chi connectivity index (χ2v) is 5.12. The Kier molecular flexibility index (Phi) is 3.50. The zero-order valence-corrected chi connectivity index (χ0v) is 11.0. The number of anilines is 1. The van der Waals surface area contributed by atoms with Crippen molar-refractivity contribution in [2.75, 3.05) is 5.73 Å². The van der Waals surface area contributed by atoms with E-state index in [1.54, 1.807) is 0 Å². The molecular formula is C13H22N4. The highest BCUT2D eigenvalue weighted by Gasteiger charge is 2.21. The first-order valence-corrected chi connectivity index (χ1v) is 6.42. The van der Waals surface area contributed by atoms with Crippen LogP contribution in [0.3, 0.4) is 0 Å². The highest BCUT2D eigenvalue weighted by Crippen LogP contribution is 2.26. The third-order valence-corrected chi connectivity index (χ3v) is 3.70. The molecule has 0 radical (unpaired) electrons. The Morgan fingerprint density at radius 1 is 1.47 bits per heavy atom. The Hall–Kier alpha value is -1.32. The maximum Gasteiger partial charge on any atom is 0.146 e. The van der Waals surface area contributed by atoms with E-state index < -0.39 is 0 Å². The largest absolute Gasteiger partial charge is 0.382 e. The van der Waals surface area contributed by atoms with Crippen LogP contribution in [-0.4, -0.2) is 21.5 Å². The van der Waals surface area contributed by atoms with Crippen LogP contribution in [0.4, 0.5) is 5.82 Å². The normalized spacial score (nSPS) is 26.2. The summed E-state index contributed by atoms with van der Waals surface area (Å²) in [5.74, 6) is 1.26. The highest BCUT2D eigenvalue weighted by atomic mass is 15.3. The predicted octanol–water partition coefficient (Wildman–Crippen LogP) is 2.39. The van der Waals surface area contributed by atoms with Crippen LogP contribution in [0, 0.1) is 5.92 Å². The van der Waals surface area contributed by atoms with Crippen molar-refractivity contribution >= 4 is 11.5 Å². The van der Waals surface area contributed by atoms with E-state index in [2.05, 4.69) is 18.9 Å². The van der Waals surface area contributed by atoms with E-state index in [-0.39, 0.29) is 0 Å². The molecule has 0 saturated heterocycles. The first kappa shape index (κ1) is 12.1. The fourth-order valence-corrected chi connectivity index (χ4v) is 2.63. The fourth-order valence-electron chi connectivity index (χ4n) is 2.63. The quantitative estimate of drug-likeness (QED) is 0.799. The third-order valence-electron chi connectivity index (χ3n) is 3.70. The summed E-state index contributed by atoms with van der Waals surface area (Å²) < 4.78 is 1.81. The second-order valence-electron chi connectivity index (χ2n) is 5.12. The van der Waals surface area contributed by atoms with Crippen molar-refractivity contribution in [3.8, 4) is 0 Å². The summed E-state index contributed by atoms with van der Waals surface area (Å²) in [6.45, 7) is 4.36. The van der Waals surface area contributed by atoms with Gasteiger partial charge in [0.25, 0.3) is 0 Å². The van der Waals surface area contributed by atoms with E-state index in [1.807, 2.05) is 17.8 Å². The summed E-state index contributed by atoms with van der Waals surface area (Å²) in [6, 6.07) is 2.37. The van der Waals surface area contributed by atoms with Crippen LogP contribution >= 0.6 is 0 Å². The van der Waals surface area contributed by atoms with E-state index in [1.165, 1.54) is 25.7 Å². The summed E-state index contributed by atoms with van der Waals surface area (Å²) in [5.41, 5.74) is 7.77. The molecule has 1 fully saturated rings. The summed E-state index contributed by atoms with van der Waals surface area (Å²) >= 11 is 0. The second kappa shape index (κ2) is 4.90. The molecule has 0 aliphatic heterocycles.